The van der Waals surface area contributed by atoms with Gasteiger partial charge in [0.05, 0.1) is 0 Å². The van der Waals surface area contributed by atoms with Crippen molar-refractivity contribution < 1.29 is 0 Å². The summed E-state index contributed by atoms with van der Waals surface area (Å²) >= 11 is 3.65. The maximum absolute atomic E-state index is 6.12. The molecule has 1 aromatic rings. The maximum Gasteiger partial charge on any atom is 0.0298 e. The summed E-state index contributed by atoms with van der Waals surface area (Å²) < 4.78 is 1.25. The van der Waals surface area contributed by atoms with Crippen LogP contribution in [0.25, 0.3) is 0 Å². The van der Waals surface area contributed by atoms with Crippen LogP contribution in [0.15, 0.2) is 16.6 Å². The van der Waals surface area contributed by atoms with Crippen molar-refractivity contribution in [1.82, 2.24) is 0 Å². The van der Waals surface area contributed by atoms with Crippen molar-refractivity contribution in [3.05, 3.63) is 33.3 Å². The lowest BCUT2D eigenvalue weighted by Crippen LogP contribution is -2.18. The number of nitrogens with two attached hydrogens (primary N) is 1. The van der Waals surface area contributed by atoms with Crippen LogP contribution >= 0.6 is 28.3 Å². The Morgan fingerprint density at radius 1 is 1.47 bits per heavy atom. The molecule has 0 aliphatic heterocycles. The summed E-state index contributed by atoms with van der Waals surface area (Å²) in [4.78, 5) is 0. The molecule has 1 nitrogen and oxygen atoms in total. The molecule has 1 aliphatic rings. The van der Waals surface area contributed by atoms with Gasteiger partial charge in [0.1, 0.15) is 0 Å². The molecule has 0 spiro atoms. The zero-order valence-corrected chi connectivity index (χ0v) is 11.3. The summed E-state index contributed by atoms with van der Waals surface area (Å²) in [7, 11) is 0. The molecule has 2 rings (SSSR count). The van der Waals surface area contributed by atoms with Crippen LogP contribution < -0.4 is 5.73 Å². The van der Waals surface area contributed by atoms with E-state index in [4.69, 9.17) is 5.73 Å². The maximum atomic E-state index is 6.12. The van der Waals surface area contributed by atoms with Crippen LogP contribution in [0.2, 0.25) is 0 Å². The van der Waals surface area contributed by atoms with Gasteiger partial charge in [0.15, 0.2) is 0 Å². The molecule has 0 amide bonds. The minimum atomic E-state index is 0. The molecular formula is C12H17BrClN. The van der Waals surface area contributed by atoms with Crippen molar-refractivity contribution in [2.45, 2.75) is 38.6 Å². The summed E-state index contributed by atoms with van der Waals surface area (Å²) in [5.41, 5.74) is 10.3. The molecule has 0 saturated carbocycles. The van der Waals surface area contributed by atoms with Gasteiger partial charge in [0.25, 0.3) is 0 Å². The van der Waals surface area contributed by atoms with E-state index < -0.39 is 0 Å². The lowest BCUT2D eigenvalue weighted by molar-refractivity contribution is 0.568. The van der Waals surface area contributed by atoms with E-state index in [9.17, 15) is 0 Å². The Kier molecular flexibility index (Phi) is 4.63. The highest BCUT2D eigenvalue weighted by Crippen LogP contribution is 2.34. The Hall–Kier alpha value is -0.0500. The first kappa shape index (κ1) is 13.0. The van der Waals surface area contributed by atoms with Crippen molar-refractivity contribution in [3.63, 3.8) is 0 Å². The minimum absolute atomic E-state index is 0. The first-order valence-electron chi connectivity index (χ1n) is 5.29. The van der Waals surface area contributed by atoms with Gasteiger partial charge in [-0.2, -0.15) is 0 Å². The van der Waals surface area contributed by atoms with E-state index in [1.165, 1.54) is 34.0 Å². The second-order valence-electron chi connectivity index (χ2n) is 4.00. The highest BCUT2D eigenvalue weighted by molar-refractivity contribution is 9.10. The Morgan fingerprint density at radius 3 is 2.87 bits per heavy atom. The average molecular weight is 291 g/mol. The molecule has 0 radical (unpaired) electrons. The van der Waals surface area contributed by atoms with E-state index in [0.29, 0.717) is 0 Å². The first-order valence-corrected chi connectivity index (χ1v) is 6.08. The van der Waals surface area contributed by atoms with Gasteiger partial charge in [0.2, 0.25) is 0 Å². The number of aryl methyl sites for hydroxylation is 1. The van der Waals surface area contributed by atoms with Crippen LogP contribution in [0.4, 0.5) is 0 Å². The number of fused-ring (bicyclic) bond motifs is 1. The van der Waals surface area contributed by atoms with Gasteiger partial charge >= 0.3 is 0 Å². The van der Waals surface area contributed by atoms with Gasteiger partial charge in [-0.1, -0.05) is 28.9 Å². The van der Waals surface area contributed by atoms with Crippen LogP contribution in [0, 0.1) is 0 Å². The van der Waals surface area contributed by atoms with Crippen LogP contribution in [-0.2, 0) is 12.8 Å². The van der Waals surface area contributed by atoms with E-state index in [1.807, 2.05) is 0 Å². The quantitative estimate of drug-likeness (QED) is 0.837. The number of hydrogen-bond acceptors (Lipinski definition) is 1. The molecule has 84 valence electrons. The Labute approximate surface area is 106 Å². The third kappa shape index (κ3) is 2.55. The average Bonchev–Trinajstić information content (AvgIpc) is 2.19. The number of halogens is 2. The largest absolute Gasteiger partial charge is 0.324 e. The molecule has 0 heterocycles. The highest BCUT2D eigenvalue weighted by atomic mass is 79.9. The third-order valence-electron chi connectivity index (χ3n) is 3.04. The van der Waals surface area contributed by atoms with Crippen LogP contribution in [0.1, 0.15) is 42.5 Å². The Morgan fingerprint density at radius 2 is 2.20 bits per heavy atom. The van der Waals surface area contributed by atoms with Gasteiger partial charge in [-0.05, 0) is 48.4 Å². The van der Waals surface area contributed by atoms with E-state index in [1.54, 1.807) is 0 Å². The summed E-state index contributed by atoms with van der Waals surface area (Å²) in [6.45, 7) is 2.18. The van der Waals surface area contributed by atoms with Gasteiger partial charge in [-0.15, -0.1) is 12.4 Å². The zero-order valence-electron chi connectivity index (χ0n) is 8.92. The number of hydrogen-bond donors (Lipinski definition) is 1. The topological polar surface area (TPSA) is 26.0 Å². The predicted octanol–water partition coefficient (Wildman–Crippen LogP) is 3.77. The summed E-state index contributed by atoms with van der Waals surface area (Å²) in [5, 5.41) is 0. The smallest absolute Gasteiger partial charge is 0.0298 e. The fourth-order valence-electron chi connectivity index (χ4n) is 2.17. The lowest BCUT2D eigenvalue weighted by Gasteiger charge is -2.24. The standard InChI is InChI=1S/C12H16BrN.ClH/c1-2-8-6-10-9(11(13)7-8)4-3-5-12(10)14;/h6-7,12H,2-5,14H2,1H3;1H/t12-;/m0./s1. The zero-order chi connectivity index (χ0) is 10.1. The van der Waals surface area contributed by atoms with Gasteiger partial charge in [-0.3, -0.25) is 0 Å². The molecular weight excluding hydrogens is 273 g/mol. The SMILES string of the molecule is CCc1cc(Br)c2c(c1)[C@@H](N)CCC2.Cl. The summed E-state index contributed by atoms with van der Waals surface area (Å²) in [6, 6.07) is 4.77. The summed E-state index contributed by atoms with van der Waals surface area (Å²) in [6.07, 6.45) is 4.61. The van der Waals surface area contributed by atoms with Gasteiger partial charge in [-0.25, -0.2) is 0 Å². The van der Waals surface area contributed by atoms with Crippen molar-refractivity contribution in [2.24, 2.45) is 5.73 Å². The summed E-state index contributed by atoms with van der Waals surface area (Å²) in [5.74, 6) is 0. The van der Waals surface area contributed by atoms with E-state index in [0.717, 1.165) is 12.8 Å². The van der Waals surface area contributed by atoms with Crippen molar-refractivity contribution in [3.8, 4) is 0 Å². The Bertz CT molecular complexity index is 352. The molecule has 1 atom stereocenters. The molecule has 1 aliphatic carbocycles. The molecule has 0 saturated heterocycles. The van der Waals surface area contributed by atoms with E-state index in [-0.39, 0.29) is 18.4 Å². The highest BCUT2D eigenvalue weighted by Gasteiger charge is 2.19. The van der Waals surface area contributed by atoms with Crippen LogP contribution in [-0.4, -0.2) is 0 Å². The molecule has 15 heavy (non-hydrogen) atoms. The van der Waals surface area contributed by atoms with E-state index in [2.05, 4.69) is 35.0 Å². The fraction of sp³-hybridized carbons (Fsp3) is 0.500. The minimum Gasteiger partial charge on any atom is -0.324 e. The van der Waals surface area contributed by atoms with Crippen molar-refractivity contribution in [1.29, 1.82) is 0 Å². The molecule has 0 aromatic heterocycles. The van der Waals surface area contributed by atoms with Crippen LogP contribution in [0.5, 0.6) is 0 Å². The molecule has 0 unspecified atom stereocenters. The lowest BCUT2D eigenvalue weighted by atomic mass is 9.87. The molecule has 1 aromatic carbocycles. The van der Waals surface area contributed by atoms with Gasteiger partial charge < -0.3 is 5.73 Å². The Balaban J connectivity index is 0.00000112. The van der Waals surface area contributed by atoms with E-state index >= 15 is 0 Å². The van der Waals surface area contributed by atoms with Crippen molar-refractivity contribution in [2.75, 3.05) is 0 Å². The first-order chi connectivity index (χ1) is 6.72. The monoisotopic (exact) mass is 289 g/mol. The second-order valence-corrected chi connectivity index (χ2v) is 4.85. The molecule has 0 bridgehead atoms. The third-order valence-corrected chi connectivity index (χ3v) is 3.75. The number of benzene rings is 1. The van der Waals surface area contributed by atoms with Crippen LogP contribution in [0.3, 0.4) is 0 Å². The second kappa shape index (κ2) is 5.33. The molecule has 2 N–H and O–H groups in total. The van der Waals surface area contributed by atoms with Crippen molar-refractivity contribution >= 4 is 28.3 Å². The van der Waals surface area contributed by atoms with Gasteiger partial charge in [0, 0.05) is 10.5 Å². The fourth-order valence-corrected chi connectivity index (χ4v) is 2.89. The predicted molar refractivity (Wildman–Crippen MR) is 70.6 cm³/mol. The normalized spacial score (nSPS) is 19.3. The number of rotatable bonds is 1. The molecule has 0 fully saturated rings. The molecule has 3 heteroatoms.